The highest BCUT2D eigenvalue weighted by Crippen LogP contribution is 2.27. The first kappa shape index (κ1) is 17.5. The second-order valence-corrected chi connectivity index (χ2v) is 5.95. The summed E-state index contributed by atoms with van der Waals surface area (Å²) >= 11 is 0. The number of hydrogen-bond donors (Lipinski definition) is 1. The van der Waals surface area contributed by atoms with E-state index in [0.717, 1.165) is 23.7 Å². The number of carbonyl (C=O) groups excluding carboxylic acids is 1. The van der Waals surface area contributed by atoms with Crippen molar-refractivity contribution < 1.29 is 4.79 Å². The molecule has 0 unspecified atom stereocenters. The van der Waals surface area contributed by atoms with E-state index in [1.165, 1.54) is 12.8 Å². The Balaban J connectivity index is 0.00000192. The minimum absolute atomic E-state index is 0. The molecule has 2 aromatic rings. The first-order valence-electron chi connectivity index (χ1n) is 7.76. The fraction of sp³-hybridized carbons (Fsp3) is 0.412. The van der Waals surface area contributed by atoms with Crippen molar-refractivity contribution in [2.24, 2.45) is 5.92 Å². The predicted molar refractivity (Wildman–Crippen MR) is 92.9 cm³/mol. The minimum Gasteiger partial charge on any atom is -0.340 e. The molecule has 1 amide bonds. The van der Waals surface area contributed by atoms with Gasteiger partial charge in [0.25, 0.3) is 0 Å². The Morgan fingerprint density at radius 3 is 2.78 bits per heavy atom. The van der Waals surface area contributed by atoms with E-state index in [1.807, 2.05) is 54.5 Å². The largest absolute Gasteiger partial charge is 0.340 e. The van der Waals surface area contributed by atoms with Crippen LogP contribution >= 0.6 is 12.4 Å². The van der Waals surface area contributed by atoms with Gasteiger partial charge in [0, 0.05) is 25.4 Å². The van der Waals surface area contributed by atoms with E-state index >= 15 is 0 Å². The average molecular weight is 335 g/mol. The SMILES string of the molecule is CN(Cc1cnn(-c2ccccc2)c1)C(=O)CNCC1CC1.Cl. The summed E-state index contributed by atoms with van der Waals surface area (Å²) in [5.41, 5.74) is 2.05. The van der Waals surface area contributed by atoms with Crippen LogP contribution in [0.25, 0.3) is 5.69 Å². The van der Waals surface area contributed by atoms with Crippen molar-refractivity contribution in [1.82, 2.24) is 20.0 Å². The Bertz CT molecular complexity index is 625. The number of para-hydroxylation sites is 1. The molecule has 1 N–H and O–H groups in total. The van der Waals surface area contributed by atoms with Crippen molar-refractivity contribution in [3.05, 3.63) is 48.3 Å². The van der Waals surface area contributed by atoms with Gasteiger partial charge in [-0.25, -0.2) is 4.68 Å². The van der Waals surface area contributed by atoms with Gasteiger partial charge < -0.3 is 10.2 Å². The molecule has 124 valence electrons. The Hall–Kier alpha value is -1.85. The van der Waals surface area contributed by atoms with Gasteiger partial charge in [-0.1, -0.05) is 18.2 Å². The van der Waals surface area contributed by atoms with Crippen molar-refractivity contribution in [2.45, 2.75) is 19.4 Å². The average Bonchev–Trinajstić information content (AvgIpc) is 3.25. The fourth-order valence-corrected chi connectivity index (χ4v) is 2.37. The monoisotopic (exact) mass is 334 g/mol. The molecule has 1 aliphatic carbocycles. The van der Waals surface area contributed by atoms with E-state index in [2.05, 4.69) is 10.4 Å². The number of carbonyl (C=O) groups is 1. The van der Waals surface area contributed by atoms with E-state index < -0.39 is 0 Å². The van der Waals surface area contributed by atoms with Crippen molar-refractivity contribution in [3.63, 3.8) is 0 Å². The molecule has 1 saturated carbocycles. The van der Waals surface area contributed by atoms with Crippen LogP contribution < -0.4 is 5.32 Å². The lowest BCUT2D eigenvalue weighted by molar-refractivity contribution is -0.129. The van der Waals surface area contributed by atoms with Crippen molar-refractivity contribution in [2.75, 3.05) is 20.1 Å². The first-order chi connectivity index (χ1) is 10.7. The summed E-state index contributed by atoms with van der Waals surface area (Å²) in [5.74, 6) is 0.912. The molecule has 23 heavy (non-hydrogen) atoms. The smallest absolute Gasteiger partial charge is 0.236 e. The van der Waals surface area contributed by atoms with Gasteiger partial charge in [0.15, 0.2) is 0 Å². The third kappa shape index (κ3) is 5.08. The highest BCUT2D eigenvalue weighted by atomic mass is 35.5. The van der Waals surface area contributed by atoms with Crippen LogP contribution in [0.15, 0.2) is 42.7 Å². The van der Waals surface area contributed by atoms with Gasteiger partial charge in [0.05, 0.1) is 18.4 Å². The quantitative estimate of drug-likeness (QED) is 0.845. The molecular weight excluding hydrogens is 312 g/mol. The van der Waals surface area contributed by atoms with Crippen LogP contribution in [-0.2, 0) is 11.3 Å². The molecule has 6 heteroatoms. The summed E-state index contributed by atoms with van der Waals surface area (Å²) in [6, 6.07) is 9.96. The lowest BCUT2D eigenvalue weighted by Crippen LogP contribution is -2.35. The Morgan fingerprint density at radius 1 is 1.35 bits per heavy atom. The molecule has 3 rings (SSSR count). The third-order valence-corrected chi connectivity index (χ3v) is 3.91. The third-order valence-electron chi connectivity index (χ3n) is 3.91. The van der Waals surface area contributed by atoms with Crippen LogP contribution in [0, 0.1) is 5.92 Å². The summed E-state index contributed by atoms with van der Waals surface area (Å²) in [7, 11) is 1.83. The van der Waals surface area contributed by atoms with Crippen LogP contribution in [0.1, 0.15) is 18.4 Å². The maximum atomic E-state index is 12.1. The summed E-state index contributed by atoms with van der Waals surface area (Å²) in [4.78, 5) is 13.8. The van der Waals surface area contributed by atoms with Gasteiger partial charge in [-0.2, -0.15) is 5.10 Å². The fourth-order valence-electron chi connectivity index (χ4n) is 2.37. The molecule has 0 atom stereocenters. The Labute approximate surface area is 143 Å². The number of halogens is 1. The van der Waals surface area contributed by atoms with Gasteiger partial charge >= 0.3 is 0 Å². The van der Waals surface area contributed by atoms with E-state index in [1.54, 1.807) is 4.90 Å². The summed E-state index contributed by atoms with van der Waals surface area (Å²) in [5, 5.41) is 7.59. The predicted octanol–water partition coefficient (Wildman–Crippen LogP) is 2.25. The minimum atomic E-state index is 0. The molecule has 1 fully saturated rings. The van der Waals surface area contributed by atoms with Crippen molar-refractivity contribution in [3.8, 4) is 5.69 Å². The van der Waals surface area contributed by atoms with Crippen LogP contribution in [-0.4, -0.2) is 40.7 Å². The maximum absolute atomic E-state index is 12.1. The zero-order valence-corrected chi connectivity index (χ0v) is 14.1. The van der Waals surface area contributed by atoms with Crippen LogP contribution in [0.4, 0.5) is 0 Å². The molecule has 1 aromatic heterocycles. The number of rotatable bonds is 7. The van der Waals surface area contributed by atoms with Gasteiger partial charge in [-0.15, -0.1) is 12.4 Å². The maximum Gasteiger partial charge on any atom is 0.236 e. The summed E-state index contributed by atoms with van der Waals surface area (Å²) in [6.07, 6.45) is 6.39. The molecule has 1 aliphatic rings. The zero-order chi connectivity index (χ0) is 15.4. The zero-order valence-electron chi connectivity index (χ0n) is 13.3. The number of nitrogens with zero attached hydrogens (tertiary/aromatic N) is 3. The van der Waals surface area contributed by atoms with E-state index in [-0.39, 0.29) is 18.3 Å². The van der Waals surface area contributed by atoms with Gasteiger partial charge in [0.1, 0.15) is 0 Å². The molecule has 0 bridgehead atoms. The van der Waals surface area contributed by atoms with Crippen LogP contribution in [0.5, 0.6) is 0 Å². The lowest BCUT2D eigenvalue weighted by atomic mass is 10.3. The number of benzene rings is 1. The second-order valence-electron chi connectivity index (χ2n) is 5.95. The summed E-state index contributed by atoms with van der Waals surface area (Å²) in [6.45, 7) is 1.96. The summed E-state index contributed by atoms with van der Waals surface area (Å²) < 4.78 is 1.83. The number of likely N-dealkylation sites (N-methyl/N-ethyl adjacent to an activating group) is 1. The molecule has 0 aliphatic heterocycles. The molecule has 1 heterocycles. The van der Waals surface area contributed by atoms with Gasteiger partial charge in [-0.05, 0) is 37.4 Å². The highest BCUT2D eigenvalue weighted by Gasteiger charge is 2.21. The topological polar surface area (TPSA) is 50.2 Å². The first-order valence-corrected chi connectivity index (χ1v) is 7.76. The van der Waals surface area contributed by atoms with Gasteiger partial charge in [0.2, 0.25) is 5.91 Å². The van der Waals surface area contributed by atoms with Crippen LogP contribution in [0.2, 0.25) is 0 Å². The molecular formula is C17H23ClN4O. The van der Waals surface area contributed by atoms with Crippen LogP contribution in [0.3, 0.4) is 0 Å². The molecule has 0 spiro atoms. The van der Waals surface area contributed by atoms with E-state index in [9.17, 15) is 4.79 Å². The molecule has 0 radical (unpaired) electrons. The van der Waals surface area contributed by atoms with E-state index in [4.69, 9.17) is 0 Å². The standard InChI is InChI=1S/C17H22N4O.ClH/c1-20(17(22)11-18-9-14-7-8-14)12-15-10-19-21(13-15)16-5-3-2-4-6-16;/h2-6,10,13-14,18H,7-9,11-12H2,1H3;1H. The van der Waals surface area contributed by atoms with Gasteiger partial charge in [-0.3, -0.25) is 4.79 Å². The van der Waals surface area contributed by atoms with Crippen molar-refractivity contribution in [1.29, 1.82) is 0 Å². The number of hydrogen-bond acceptors (Lipinski definition) is 3. The van der Waals surface area contributed by atoms with Crippen molar-refractivity contribution >= 4 is 18.3 Å². The number of aromatic nitrogens is 2. The second kappa shape index (κ2) is 8.13. The Morgan fingerprint density at radius 2 is 2.09 bits per heavy atom. The Kier molecular flexibility index (Phi) is 6.19. The highest BCUT2D eigenvalue weighted by molar-refractivity contribution is 5.85. The molecule has 0 saturated heterocycles. The molecule has 1 aromatic carbocycles. The number of amides is 1. The normalized spacial score (nSPS) is 13.4. The lowest BCUT2D eigenvalue weighted by Gasteiger charge is -2.16. The molecule has 5 nitrogen and oxygen atoms in total. The van der Waals surface area contributed by atoms with E-state index in [0.29, 0.717) is 13.1 Å². The number of nitrogens with one attached hydrogen (secondary N) is 1.